The summed E-state index contributed by atoms with van der Waals surface area (Å²) in [6, 6.07) is 0.431. The van der Waals surface area contributed by atoms with E-state index in [1.54, 1.807) is 0 Å². The maximum absolute atomic E-state index is 12.8. The first-order valence-corrected chi connectivity index (χ1v) is 4.86. The van der Waals surface area contributed by atoms with Gasteiger partial charge in [-0.1, -0.05) is 15.9 Å². The van der Waals surface area contributed by atoms with Gasteiger partial charge in [0.25, 0.3) is 6.43 Å². The van der Waals surface area contributed by atoms with Gasteiger partial charge in [0.1, 0.15) is 0 Å². The van der Waals surface area contributed by atoms with Crippen molar-refractivity contribution in [3.63, 3.8) is 0 Å². The van der Waals surface area contributed by atoms with E-state index in [0.29, 0.717) is 6.07 Å². The van der Waals surface area contributed by atoms with Crippen LogP contribution in [0, 0.1) is 5.95 Å². The summed E-state index contributed by atoms with van der Waals surface area (Å²) in [5.41, 5.74) is -1.76. The molecule has 0 bridgehead atoms. The van der Waals surface area contributed by atoms with Gasteiger partial charge in [-0.2, -0.15) is 4.39 Å². The minimum absolute atomic E-state index is 0.105. The molecule has 15 heavy (non-hydrogen) atoms. The van der Waals surface area contributed by atoms with Crippen molar-refractivity contribution in [3.8, 4) is 0 Å². The van der Waals surface area contributed by atoms with Gasteiger partial charge >= 0.3 is 5.97 Å². The van der Waals surface area contributed by atoms with Gasteiger partial charge in [-0.05, 0) is 0 Å². The Morgan fingerprint density at radius 1 is 1.60 bits per heavy atom. The number of hydrogen-bond donors (Lipinski definition) is 1. The number of rotatable bonds is 3. The minimum atomic E-state index is -3.05. The van der Waals surface area contributed by atoms with Gasteiger partial charge in [-0.15, -0.1) is 0 Å². The standard InChI is InChI=1S/C8H5BrF3NO2/c9-2-4-6(8(14)15)3(7(11)12)1-5(10)13-4/h1,7H,2H2,(H,14,15). The molecule has 0 saturated carbocycles. The third-order valence-corrected chi connectivity index (χ3v) is 2.20. The molecule has 0 amide bonds. The van der Waals surface area contributed by atoms with Crippen LogP contribution >= 0.6 is 15.9 Å². The molecule has 1 heterocycles. The van der Waals surface area contributed by atoms with Crippen molar-refractivity contribution in [3.05, 3.63) is 28.8 Å². The van der Waals surface area contributed by atoms with Gasteiger partial charge in [0.15, 0.2) is 0 Å². The van der Waals surface area contributed by atoms with Crippen LogP contribution in [-0.4, -0.2) is 16.1 Å². The summed E-state index contributed by atoms with van der Waals surface area (Å²) in [4.78, 5) is 13.9. The lowest BCUT2D eigenvalue weighted by Gasteiger charge is -2.08. The van der Waals surface area contributed by atoms with Gasteiger partial charge in [0, 0.05) is 17.0 Å². The lowest BCUT2D eigenvalue weighted by Crippen LogP contribution is -2.10. The van der Waals surface area contributed by atoms with Crippen LogP contribution < -0.4 is 0 Å². The van der Waals surface area contributed by atoms with Crippen LogP contribution in [0.3, 0.4) is 0 Å². The number of carbonyl (C=O) groups is 1. The highest BCUT2D eigenvalue weighted by atomic mass is 79.9. The normalized spacial score (nSPS) is 10.7. The Hall–Kier alpha value is -1.11. The van der Waals surface area contributed by atoms with Gasteiger partial charge < -0.3 is 5.11 Å². The molecule has 0 atom stereocenters. The second kappa shape index (κ2) is 4.61. The molecule has 0 aliphatic carbocycles. The van der Waals surface area contributed by atoms with Crippen molar-refractivity contribution in [1.29, 1.82) is 0 Å². The fourth-order valence-electron chi connectivity index (χ4n) is 1.10. The first kappa shape index (κ1) is 12.0. The molecule has 0 aliphatic heterocycles. The number of carboxylic acid groups (broad SMARTS) is 1. The molecule has 1 N–H and O–H groups in total. The predicted octanol–water partition coefficient (Wildman–Crippen LogP) is 2.75. The van der Waals surface area contributed by atoms with E-state index >= 15 is 0 Å². The van der Waals surface area contributed by atoms with Crippen molar-refractivity contribution in [2.45, 2.75) is 11.8 Å². The average Bonchev–Trinajstić information content (AvgIpc) is 2.15. The van der Waals surface area contributed by atoms with E-state index in [-0.39, 0.29) is 11.0 Å². The summed E-state index contributed by atoms with van der Waals surface area (Å²) in [5, 5.41) is 8.60. The van der Waals surface area contributed by atoms with Crippen LogP contribution in [0.1, 0.15) is 28.0 Å². The van der Waals surface area contributed by atoms with E-state index < -0.39 is 29.5 Å². The lowest BCUT2D eigenvalue weighted by molar-refractivity contribution is 0.0682. The largest absolute Gasteiger partial charge is 0.478 e. The Morgan fingerprint density at radius 3 is 2.60 bits per heavy atom. The van der Waals surface area contributed by atoms with E-state index in [1.165, 1.54) is 0 Å². The zero-order valence-corrected chi connectivity index (χ0v) is 8.76. The summed E-state index contributed by atoms with van der Waals surface area (Å²) >= 11 is 2.86. The highest BCUT2D eigenvalue weighted by molar-refractivity contribution is 9.08. The minimum Gasteiger partial charge on any atom is -0.478 e. The van der Waals surface area contributed by atoms with Crippen LogP contribution in [0.2, 0.25) is 0 Å². The van der Waals surface area contributed by atoms with E-state index in [1.807, 2.05) is 0 Å². The monoisotopic (exact) mass is 283 g/mol. The van der Waals surface area contributed by atoms with Crippen LogP contribution in [0.5, 0.6) is 0 Å². The zero-order valence-electron chi connectivity index (χ0n) is 7.18. The van der Waals surface area contributed by atoms with Crippen LogP contribution in [-0.2, 0) is 5.33 Å². The Bertz CT molecular complexity index is 398. The Kier molecular flexibility index (Phi) is 3.67. The maximum atomic E-state index is 12.8. The molecule has 0 fully saturated rings. The van der Waals surface area contributed by atoms with Gasteiger partial charge in [-0.3, -0.25) is 0 Å². The molecule has 0 spiro atoms. The second-order valence-corrected chi connectivity index (χ2v) is 3.16. The van der Waals surface area contributed by atoms with E-state index in [0.717, 1.165) is 0 Å². The van der Waals surface area contributed by atoms with Crippen molar-refractivity contribution in [2.24, 2.45) is 0 Å². The molecule has 0 aromatic carbocycles. The summed E-state index contributed by atoms with van der Waals surface area (Å²) < 4.78 is 37.6. The number of halogens is 4. The van der Waals surface area contributed by atoms with E-state index in [9.17, 15) is 18.0 Å². The summed E-state index contributed by atoms with van der Waals surface area (Å²) in [7, 11) is 0. The fourth-order valence-corrected chi connectivity index (χ4v) is 1.51. The molecule has 0 aliphatic rings. The Balaban J connectivity index is 3.47. The second-order valence-electron chi connectivity index (χ2n) is 2.60. The molecule has 1 rings (SSSR count). The smallest absolute Gasteiger partial charge is 0.338 e. The molecule has 0 radical (unpaired) electrons. The maximum Gasteiger partial charge on any atom is 0.338 e. The first-order chi connectivity index (χ1) is 6.97. The quantitative estimate of drug-likeness (QED) is 0.686. The molecule has 1 aromatic rings. The summed E-state index contributed by atoms with van der Waals surface area (Å²) in [6.07, 6.45) is -3.05. The number of hydrogen-bond acceptors (Lipinski definition) is 2. The number of pyridine rings is 1. The molecular weight excluding hydrogens is 279 g/mol. The Morgan fingerprint density at radius 2 is 2.20 bits per heavy atom. The average molecular weight is 284 g/mol. The summed E-state index contributed by atoms with van der Waals surface area (Å²) in [5.74, 6) is -2.67. The first-order valence-electron chi connectivity index (χ1n) is 3.74. The van der Waals surface area contributed by atoms with Crippen molar-refractivity contribution in [2.75, 3.05) is 0 Å². The number of aromatic nitrogens is 1. The van der Waals surface area contributed by atoms with Gasteiger partial charge in [0.2, 0.25) is 5.95 Å². The molecule has 7 heteroatoms. The molecule has 0 saturated heterocycles. The molecule has 3 nitrogen and oxygen atoms in total. The van der Waals surface area contributed by atoms with Crippen LogP contribution in [0.4, 0.5) is 13.2 Å². The molecule has 1 aromatic heterocycles. The van der Waals surface area contributed by atoms with Crippen molar-refractivity contribution >= 4 is 21.9 Å². The molecular formula is C8H5BrF3NO2. The van der Waals surface area contributed by atoms with Crippen LogP contribution in [0.25, 0.3) is 0 Å². The fraction of sp³-hybridized carbons (Fsp3) is 0.250. The number of carboxylic acids is 1. The topological polar surface area (TPSA) is 50.2 Å². The molecule has 82 valence electrons. The number of alkyl halides is 3. The number of nitrogens with zero attached hydrogens (tertiary/aromatic N) is 1. The predicted molar refractivity (Wildman–Crippen MR) is 48.7 cm³/mol. The van der Waals surface area contributed by atoms with Gasteiger partial charge in [0.05, 0.1) is 11.3 Å². The van der Waals surface area contributed by atoms with Gasteiger partial charge in [-0.25, -0.2) is 18.6 Å². The van der Waals surface area contributed by atoms with E-state index in [2.05, 4.69) is 20.9 Å². The third-order valence-electron chi connectivity index (χ3n) is 1.67. The highest BCUT2D eigenvalue weighted by Crippen LogP contribution is 2.26. The van der Waals surface area contributed by atoms with Crippen LogP contribution in [0.15, 0.2) is 6.07 Å². The SMILES string of the molecule is O=C(O)c1c(C(F)F)cc(F)nc1CBr. The number of aromatic carboxylic acids is 1. The highest BCUT2D eigenvalue weighted by Gasteiger charge is 2.23. The molecule has 0 unspecified atom stereocenters. The van der Waals surface area contributed by atoms with E-state index in [4.69, 9.17) is 5.11 Å². The zero-order chi connectivity index (χ0) is 11.6. The summed E-state index contributed by atoms with van der Waals surface area (Å²) in [6.45, 7) is 0. The lowest BCUT2D eigenvalue weighted by atomic mass is 10.1. The van der Waals surface area contributed by atoms with Crippen molar-refractivity contribution < 1.29 is 23.1 Å². The third kappa shape index (κ3) is 2.47. The Labute approximate surface area is 91.1 Å². The van der Waals surface area contributed by atoms with Crippen molar-refractivity contribution in [1.82, 2.24) is 4.98 Å².